The van der Waals surface area contributed by atoms with E-state index < -0.39 is 0 Å². The molecule has 0 bridgehead atoms. The van der Waals surface area contributed by atoms with Crippen molar-refractivity contribution in [2.75, 3.05) is 0 Å². The molecule has 0 aliphatic carbocycles. The average Bonchev–Trinajstić information content (AvgIpc) is 2.77. The summed E-state index contributed by atoms with van der Waals surface area (Å²) in [5.41, 5.74) is 2.50. The van der Waals surface area contributed by atoms with Gasteiger partial charge in [-0.15, -0.1) is 0 Å². The maximum absolute atomic E-state index is 12.1. The first-order chi connectivity index (χ1) is 9.95. The van der Waals surface area contributed by atoms with Gasteiger partial charge in [-0.05, 0) is 44.4 Å². The topological polar surface area (TPSA) is 67.2 Å². The molecule has 0 unspecified atom stereocenters. The highest BCUT2D eigenvalue weighted by Crippen LogP contribution is 2.12. The van der Waals surface area contributed by atoms with Gasteiger partial charge in [-0.3, -0.25) is 9.48 Å². The minimum absolute atomic E-state index is 0.0749. The van der Waals surface area contributed by atoms with E-state index in [9.17, 15) is 9.90 Å². The first kappa shape index (κ1) is 15.1. The van der Waals surface area contributed by atoms with Crippen molar-refractivity contribution in [2.45, 2.75) is 32.7 Å². The highest BCUT2D eigenvalue weighted by molar-refractivity contribution is 5.95. The standard InChI is InChI=1S/C16H21N3O2/c1-11(4-5-13-6-8-14(20)9-7-13)17-16(21)15-10-19(3)18-12(15)2/h6-11,20H,4-5H2,1-3H3,(H,17,21)/t11-/m0/s1. The molecule has 2 N–H and O–H groups in total. The van der Waals surface area contributed by atoms with Crippen LogP contribution in [0, 0.1) is 6.92 Å². The third kappa shape index (κ3) is 4.08. The molecule has 0 radical (unpaired) electrons. The van der Waals surface area contributed by atoms with E-state index in [0.29, 0.717) is 5.56 Å². The lowest BCUT2D eigenvalue weighted by Gasteiger charge is -2.13. The number of benzene rings is 1. The van der Waals surface area contributed by atoms with Gasteiger partial charge < -0.3 is 10.4 Å². The maximum Gasteiger partial charge on any atom is 0.254 e. The van der Waals surface area contributed by atoms with Crippen molar-refractivity contribution in [3.05, 3.63) is 47.3 Å². The Morgan fingerprint density at radius 1 is 1.38 bits per heavy atom. The molecule has 1 aromatic heterocycles. The lowest BCUT2D eigenvalue weighted by Crippen LogP contribution is -2.33. The Hall–Kier alpha value is -2.30. The smallest absolute Gasteiger partial charge is 0.254 e. The van der Waals surface area contributed by atoms with Gasteiger partial charge in [-0.2, -0.15) is 5.10 Å². The quantitative estimate of drug-likeness (QED) is 0.885. The van der Waals surface area contributed by atoms with Crippen LogP contribution in [0.4, 0.5) is 0 Å². The molecule has 1 amide bonds. The molecule has 5 heteroatoms. The van der Waals surface area contributed by atoms with Crippen LogP contribution in [0.1, 0.15) is 35.0 Å². The largest absolute Gasteiger partial charge is 0.508 e. The van der Waals surface area contributed by atoms with Crippen LogP contribution in [-0.2, 0) is 13.5 Å². The summed E-state index contributed by atoms with van der Waals surface area (Å²) >= 11 is 0. The first-order valence-corrected chi connectivity index (χ1v) is 7.04. The van der Waals surface area contributed by atoms with E-state index >= 15 is 0 Å². The number of carbonyl (C=O) groups is 1. The van der Waals surface area contributed by atoms with E-state index in [1.54, 1.807) is 30.1 Å². The molecule has 5 nitrogen and oxygen atoms in total. The second kappa shape index (κ2) is 6.43. The van der Waals surface area contributed by atoms with Crippen molar-refractivity contribution in [3.8, 4) is 5.75 Å². The molecule has 2 aromatic rings. The van der Waals surface area contributed by atoms with E-state index in [4.69, 9.17) is 0 Å². The molecule has 0 saturated heterocycles. The molecule has 2 rings (SSSR count). The molecule has 1 atom stereocenters. The fourth-order valence-electron chi connectivity index (χ4n) is 2.24. The van der Waals surface area contributed by atoms with Gasteiger partial charge in [-0.1, -0.05) is 12.1 Å². The van der Waals surface area contributed by atoms with Gasteiger partial charge in [0.25, 0.3) is 5.91 Å². The summed E-state index contributed by atoms with van der Waals surface area (Å²) in [7, 11) is 1.80. The molecule has 0 fully saturated rings. The summed E-state index contributed by atoms with van der Waals surface area (Å²) in [4.78, 5) is 12.1. The third-order valence-corrected chi connectivity index (χ3v) is 3.44. The van der Waals surface area contributed by atoms with Crippen molar-refractivity contribution < 1.29 is 9.90 Å². The highest BCUT2D eigenvalue weighted by Gasteiger charge is 2.14. The number of carbonyl (C=O) groups excluding carboxylic acids is 1. The Bertz CT molecular complexity index is 617. The second-order valence-corrected chi connectivity index (χ2v) is 5.38. The molecule has 112 valence electrons. The van der Waals surface area contributed by atoms with Crippen molar-refractivity contribution in [3.63, 3.8) is 0 Å². The zero-order chi connectivity index (χ0) is 15.4. The van der Waals surface area contributed by atoms with Gasteiger partial charge in [0.15, 0.2) is 0 Å². The van der Waals surface area contributed by atoms with Crippen LogP contribution in [-0.4, -0.2) is 26.8 Å². The molecule has 0 aliphatic rings. The number of nitrogens with zero attached hydrogens (tertiary/aromatic N) is 2. The Balaban J connectivity index is 1.86. The van der Waals surface area contributed by atoms with E-state index in [-0.39, 0.29) is 17.7 Å². The molecule has 0 aliphatic heterocycles. The molecular formula is C16H21N3O2. The number of amides is 1. The molecule has 0 spiro atoms. The van der Waals surface area contributed by atoms with Crippen molar-refractivity contribution in [2.24, 2.45) is 7.05 Å². The predicted octanol–water partition coefficient (Wildman–Crippen LogP) is 2.19. The zero-order valence-corrected chi connectivity index (χ0v) is 12.6. The number of phenolic OH excluding ortho intramolecular Hbond substituents is 1. The fourth-order valence-corrected chi connectivity index (χ4v) is 2.24. The van der Waals surface area contributed by atoms with E-state index in [2.05, 4.69) is 10.4 Å². The molecule has 0 saturated carbocycles. The SMILES string of the molecule is Cc1nn(C)cc1C(=O)N[C@@H](C)CCc1ccc(O)cc1. The minimum atomic E-state index is -0.0844. The van der Waals surface area contributed by atoms with Crippen LogP contribution in [0.3, 0.4) is 0 Å². The summed E-state index contributed by atoms with van der Waals surface area (Å²) in [5.74, 6) is 0.186. The Morgan fingerprint density at radius 3 is 2.62 bits per heavy atom. The third-order valence-electron chi connectivity index (χ3n) is 3.44. The highest BCUT2D eigenvalue weighted by atomic mass is 16.3. The lowest BCUT2D eigenvalue weighted by atomic mass is 10.1. The number of rotatable bonds is 5. The minimum Gasteiger partial charge on any atom is -0.508 e. The number of aromatic hydroxyl groups is 1. The summed E-state index contributed by atoms with van der Waals surface area (Å²) in [6.07, 6.45) is 3.43. The maximum atomic E-state index is 12.1. The van der Waals surface area contributed by atoms with Crippen LogP contribution in [0.5, 0.6) is 5.75 Å². The van der Waals surface area contributed by atoms with Gasteiger partial charge in [0.05, 0.1) is 11.3 Å². The van der Waals surface area contributed by atoms with E-state index in [1.165, 1.54) is 0 Å². The van der Waals surface area contributed by atoms with Crippen LogP contribution in [0.15, 0.2) is 30.5 Å². The van der Waals surface area contributed by atoms with Crippen molar-refractivity contribution in [1.82, 2.24) is 15.1 Å². The van der Waals surface area contributed by atoms with Gasteiger partial charge in [0, 0.05) is 19.3 Å². The number of aromatic nitrogens is 2. The van der Waals surface area contributed by atoms with Crippen LogP contribution < -0.4 is 5.32 Å². The fraction of sp³-hybridized carbons (Fsp3) is 0.375. The van der Waals surface area contributed by atoms with E-state index in [1.807, 2.05) is 26.0 Å². The normalized spacial score (nSPS) is 12.1. The number of hydrogen-bond donors (Lipinski definition) is 2. The first-order valence-electron chi connectivity index (χ1n) is 7.04. The van der Waals surface area contributed by atoms with Gasteiger partial charge in [-0.25, -0.2) is 0 Å². The van der Waals surface area contributed by atoms with Crippen molar-refractivity contribution in [1.29, 1.82) is 0 Å². The Labute approximate surface area is 124 Å². The lowest BCUT2D eigenvalue weighted by molar-refractivity contribution is 0.0938. The number of hydrogen-bond acceptors (Lipinski definition) is 3. The van der Waals surface area contributed by atoms with Crippen LogP contribution in [0.25, 0.3) is 0 Å². The van der Waals surface area contributed by atoms with Crippen LogP contribution in [0.2, 0.25) is 0 Å². The molecule has 1 heterocycles. The summed E-state index contributed by atoms with van der Waals surface area (Å²) in [6, 6.07) is 7.23. The van der Waals surface area contributed by atoms with E-state index in [0.717, 1.165) is 24.1 Å². The predicted molar refractivity (Wildman–Crippen MR) is 81.3 cm³/mol. The second-order valence-electron chi connectivity index (χ2n) is 5.38. The van der Waals surface area contributed by atoms with Crippen LogP contribution >= 0.6 is 0 Å². The van der Waals surface area contributed by atoms with Gasteiger partial charge in [0.1, 0.15) is 5.75 Å². The number of aryl methyl sites for hydroxylation is 3. The Kier molecular flexibility index (Phi) is 4.62. The summed E-state index contributed by atoms with van der Waals surface area (Å²) in [5, 5.41) is 16.4. The molecular weight excluding hydrogens is 266 g/mol. The molecule has 1 aromatic carbocycles. The summed E-state index contributed by atoms with van der Waals surface area (Å²) in [6.45, 7) is 3.82. The average molecular weight is 287 g/mol. The summed E-state index contributed by atoms with van der Waals surface area (Å²) < 4.78 is 1.64. The van der Waals surface area contributed by atoms with Gasteiger partial charge >= 0.3 is 0 Å². The van der Waals surface area contributed by atoms with Crippen molar-refractivity contribution >= 4 is 5.91 Å². The molecule has 21 heavy (non-hydrogen) atoms. The van der Waals surface area contributed by atoms with Gasteiger partial charge in [0.2, 0.25) is 0 Å². The number of phenols is 1. The monoisotopic (exact) mass is 287 g/mol. The number of nitrogens with one attached hydrogen (secondary N) is 1. The zero-order valence-electron chi connectivity index (χ0n) is 12.6. The Morgan fingerprint density at radius 2 is 2.05 bits per heavy atom.